The second-order valence-corrected chi connectivity index (χ2v) is 36.1. The molecule has 0 bridgehead atoms. The van der Waals surface area contributed by atoms with Crippen molar-refractivity contribution in [3.63, 3.8) is 0 Å². The van der Waals surface area contributed by atoms with Crippen molar-refractivity contribution in [3.8, 4) is 0 Å². The van der Waals surface area contributed by atoms with E-state index in [1.165, 1.54) is 21.2 Å². The van der Waals surface area contributed by atoms with Gasteiger partial charge in [-0.15, -0.1) is 0 Å². The zero-order valence-electron chi connectivity index (χ0n) is 32.9. The SMILES string of the molecule is CCC(C)C1=Cc2c(C(C)(C)C)ccc(C(C)(C)C)c2[CH]1[Hf+2]1([CH]2C(C(C)CC)=Cc3c(C(C)(C)C)ccc(C(C)(C)C)c32)[CH2][CH2]1.[Cl-].[Cl-]. The number of benzene rings is 2. The molecular formula is C44H66Cl2Hf. The Morgan fingerprint density at radius 3 is 1.04 bits per heavy atom. The Labute approximate surface area is 307 Å². The molecule has 260 valence electrons. The van der Waals surface area contributed by atoms with Crippen molar-refractivity contribution in [1.82, 2.24) is 0 Å². The van der Waals surface area contributed by atoms with Crippen LogP contribution in [0.15, 0.2) is 35.4 Å². The van der Waals surface area contributed by atoms with E-state index < -0.39 is 20.0 Å². The van der Waals surface area contributed by atoms with Crippen LogP contribution in [-0.2, 0) is 41.6 Å². The summed E-state index contributed by atoms with van der Waals surface area (Å²) in [5, 5.41) is 0. The maximum absolute atomic E-state index is 3.16. The van der Waals surface area contributed by atoms with Crippen molar-refractivity contribution in [2.45, 2.75) is 161 Å². The molecule has 4 unspecified atom stereocenters. The van der Waals surface area contributed by atoms with Crippen LogP contribution in [0.5, 0.6) is 0 Å². The number of fused-ring (bicyclic) bond motifs is 2. The van der Waals surface area contributed by atoms with Crippen molar-refractivity contribution in [1.29, 1.82) is 0 Å². The molecule has 2 aromatic rings. The summed E-state index contributed by atoms with van der Waals surface area (Å²) in [7, 11) is 0. The molecule has 47 heavy (non-hydrogen) atoms. The van der Waals surface area contributed by atoms with Crippen molar-refractivity contribution in [3.05, 3.63) is 79.9 Å². The molecule has 0 N–H and O–H groups in total. The monoisotopic (exact) mass is 844 g/mol. The fraction of sp³-hybridized carbons (Fsp3) is 0.636. The average Bonchev–Trinajstić information content (AvgIpc) is 3.43. The predicted molar refractivity (Wildman–Crippen MR) is 198 cm³/mol. The number of allylic oxidation sites excluding steroid dienone is 2. The van der Waals surface area contributed by atoms with Crippen LogP contribution in [0.1, 0.15) is 175 Å². The van der Waals surface area contributed by atoms with Gasteiger partial charge in [-0.1, -0.05) is 0 Å². The molecule has 3 aliphatic rings. The van der Waals surface area contributed by atoms with Gasteiger partial charge in [-0.3, -0.25) is 0 Å². The minimum atomic E-state index is -3.16. The Hall–Kier alpha value is -0.630. The van der Waals surface area contributed by atoms with Crippen molar-refractivity contribution < 1.29 is 44.8 Å². The summed E-state index contributed by atoms with van der Waals surface area (Å²) in [6.45, 7) is 39.4. The van der Waals surface area contributed by atoms with Crippen molar-refractivity contribution in [2.75, 3.05) is 0 Å². The van der Waals surface area contributed by atoms with Crippen LogP contribution in [0, 0.1) is 11.8 Å². The number of halogens is 2. The Kier molecular flexibility index (Phi) is 11.7. The van der Waals surface area contributed by atoms with E-state index in [9.17, 15) is 0 Å². The topological polar surface area (TPSA) is 0 Å². The van der Waals surface area contributed by atoms with Crippen LogP contribution in [0.25, 0.3) is 12.2 Å². The van der Waals surface area contributed by atoms with Crippen LogP contribution in [0.4, 0.5) is 0 Å². The van der Waals surface area contributed by atoms with Gasteiger partial charge in [0.25, 0.3) is 0 Å². The Morgan fingerprint density at radius 1 is 0.532 bits per heavy atom. The van der Waals surface area contributed by atoms with Gasteiger partial charge in [0.15, 0.2) is 0 Å². The molecule has 0 radical (unpaired) electrons. The van der Waals surface area contributed by atoms with Gasteiger partial charge >= 0.3 is 285 Å². The normalized spacial score (nSPS) is 20.9. The first kappa shape index (κ1) is 40.8. The van der Waals surface area contributed by atoms with E-state index in [-0.39, 0.29) is 46.5 Å². The predicted octanol–water partition coefficient (Wildman–Crippen LogP) is 7.56. The van der Waals surface area contributed by atoms with E-state index in [0.717, 1.165) is 0 Å². The molecule has 1 saturated heterocycles. The van der Waals surface area contributed by atoms with E-state index in [4.69, 9.17) is 0 Å². The molecule has 0 aromatic heterocycles. The van der Waals surface area contributed by atoms with Gasteiger partial charge in [0.05, 0.1) is 0 Å². The zero-order valence-corrected chi connectivity index (χ0v) is 38.0. The average molecular weight is 844 g/mol. The molecule has 1 heterocycles. The molecule has 4 atom stereocenters. The molecule has 1 fully saturated rings. The van der Waals surface area contributed by atoms with Crippen LogP contribution in [-0.4, -0.2) is 0 Å². The summed E-state index contributed by atoms with van der Waals surface area (Å²) >= 11 is -3.16. The van der Waals surface area contributed by atoms with Crippen LogP contribution >= 0.6 is 0 Å². The molecule has 2 aromatic carbocycles. The quantitative estimate of drug-likeness (QED) is 0.264. The first-order valence-electron chi connectivity index (χ1n) is 18.4. The maximum Gasteiger partial charge on any atom is -1.00 e. The number of rotatable bonds is 6. The van der Waals surface area contributed by atoms with Crippen LogP contribution < -0.4 is 24.8 Å². The standard InChI is InChI=1S/2C21H31.C2H4.2ClH.Hf/c2*1-9-14(2)15-12-16-17(13-15)19(21(6,7)8)11-10-18(16)20(3,4)5;1-2;;;/h2*10-14H,9H2,1-8H3;1-2H2;2*1H;/q;;;;;+2/p-2. The van der Waals surface area contributed by atoms with Gasteiger partial charge in [0, 0.05) is 0 Å². The summed E-state index contributed by atoms with van der Waals surface area (Å²) in [6, 6.07) is 10.1. The van der Waals surface area contributed by atoms with E-state index in [0.29, 0.717) is 19.2 Å². The number of hydrogen-bond acceptors (Lipinski definition) is 0. The summed E-state index contributed by atoms with van der Waals surface area (Å²) < 4.78 is 4.45. The van der Waals surface area contributed by atoms with E-state index in [1.54, 1.807) is 44.5 Å². The molecule has 0 amide bonds. The molecule has 5 rings (SSSR count). The number of hydrogen-bond donors (Lipinski definition) is 0. The molecule has 3 heteroatoms. The third-order valence-corrected chi connectivity index (χ3v) is 30.7. The molecular weight excluding hydrogens is 778 g/mol. The van der Waals surface area contributed by atoms with Gasteiger partial charge in [0.2, 0.25) is 0 Å². The Bertz CT molecular complexity index is 1430. The summed E-state index contributed by atoms with van der Waals surface area (Å²) in [6.07, 6.45) is 7.99. The van der Waals surface area contributed by atoms with Gasteiger partial charge in [-0.05, 0) is 0 Å². The Balaban J connectivity index is 0.00000300. The third kappa shape index (κ3) is 7.01. The van der Waals surface area contributed by atoms with E-state index >= 15 is 0 Å². The van der Waals surface area contributed by atoms with E-state index in [2.05, 4.69) is 147 Å². The first-order chi connectivity index (χ1) is 20.6. The molecule has 0 saturated carbocycles. The van der Waals surface area contributed by atoms with Gasteiger partial charge in [0.1, 0.15) is 0 Å². The smallest absolute Gasteiger partial charge is 1.00 e. The van der Waals surface area contributed by atoms with E-state index in [1.807, 2.05) is 11.1 Å². The van der Waals surface area contributed by atoms with Crippen molar-refractivity contribution in [2.24, 2.45) is 11.8 Å². The fourth-order valence-corrected chi connectivity index (χ4v) is 37.8. The first-order valence-corrected chi connectivity index (χ1v) is 27.6. The third-order valence-electron chi connectivity index (χ3n) is 12.0. The second kappa shape index (κ2) is 13.5. The molecule has 0 nitrogen and oxygen atoms in total. The maximum atomic E-state index is 2.77. The fourth-order valence-electron chi connectivity index (χ4n) is 9.11. The van der Waals surface area contributed by atoms with Gasteiger partial charge in [-0.25, -0.2) is 0 Å². The minimum Gasteiger partial charge on any atom is -1.00 e. The molecule has 0 spiro atoms. The van der Waals surface area contributed by atoms with Crippen molar-refractivity contribution >= 4 is 12.2 Å². The minimum absolute atomic E-state index is 0. The summed E-state index contributed by atoms with van der Waals surface area (Å²) in [5.74, 6) is 1.25. The largest absolute Gasteiger partial charge is 1.00 e. The summed E-state index contributed by atoms with van der Waals surface area (Å²) in [5.41, 5.74) is 17.3. The van der Waals surface area contributed by atoms with Crippen LogP contribution in [0.3, 0.4) is 0 Å². The van der Waals surface area contributed by atoms with Gasteiger partial charge in [-0.2, -0.15) is 0 Å². The molecule has 1 aliphatic heterocycles. The zero-order chi connectivity index (χ0) is 33.7. The van der Waals surface area contributed by atoms with Gasteiger partial charge < -0.3 is 24.8 Å². The molecule has 2 aliphatic carbocycles. The Morgan fingerprint density at radius 2 is 0.809 bits per heavy atom. The second-order valence-electron chi connectivity index (χ2n) is 19.5. The summed E-state index contributed by atoms with van der Waals surface area (Å²) in [4.78, 5) is 0. The van der Waals surface area contributed by atoms with Crippen LogP contribution in [0.2, 0.25) is 8.35 Å².